The lowest BCUT2D eigenvalue weighted by Crippen LogP contribution is -2.50. The Morgan fingerprint density at radius 1 is 0.913 bits per heavy atom. The lowest BCUT2D eigenvalue weighted by molar-refractivity contribution is -0.193. The van der Waals surface area contributed by atoms with Crippen molar-refractivity contribution < 1.29 is 69.2 Å². The van der Waals surface area contributed by atoms with E-state index in [4.69, 9.17) is 34.7 Å². The molecule has 260 valence electrons. The van der Waals surface area contributed by atoms with Crippen LogP contribution >= 0.6 is 11.3 Å². The van der Waals surface area contributed by atoms with Gasteiger partial charge in [0.05, 0.1) is 10.7 Å². The van der Waals surface area contributed by atoms with Gasteiger partial charge in [0, 0.05) is 48.2 Å². The maximum atomic E-state index is 10.6. The number of rotatable bonds is 3. The van der Waals surface area contributed by atoms with Crippen LogP contribution in [0.1, 0.15) is 53.7 Å². The van der Waals surface area contributed by atoms with E-state index in [1.807, 2.05) is 29.8 Å². The summed E-state index contributed by atoms with van der Waals surface area (Å²) in [5.41, 5.74) is 3.01. The zero-order chi connectivity index (χ0) is 35.7. The van der Waals surface area contributed by atoms with Crippen molar-refractivity contribution in [2.45, 2.75) is 69.6 Å². The number of pyridine rings is 1. The minimum atomic E-state index is -5.08. The van der Waals surface area contributed by atoms with E-state index < -0.39 is 36.4 Å². The van der Waals surface area contributed by atoms with Gasteiger partial charge in [0.1, 0.15) is 0 Å². The van der Waals surface area contributed by atoms with E-state index >= 15 is 0 Å². The molecule has 0 amide bonds. The summed E-state index contributed by atoms with van der Waals surface area (Å²) in [6.07, 6.45) is -8.98. The van der Waals surface area contributed by atoms with Crippen LogP contribution in [0.2, 0.25) is 0 Å². The Morgan fingerprint density at radius 3 is 1.74 bits per heavy atom. The van der Waals surface area contributed by atoms with Crippen molar-refractivity contribution in [1.82, 2.24) is 19.8 Å². The van der Waals surface area contributed by atoms with Crippen LogP contribution in [-0.4, -0.2) is 98.2 Å². The zero-order valence-electron chi connectivity index (χ0n) is 24.5. The predicted molar refractivity (Wildman–Crippen MR) is 144 cm³/mol. The molecule has 2 aromatic rings. The summed E-state index contributed by atoms with van der Waals surface area (Å²) in [6.45, 7) is 10.1. The van der Waals surface area contributed by atoms with Gasteiger partial charge in [-0.2, -0.15) is 39.5 Å². The number of aromatic nitrogens is 2. The molecule has 4 heterocycles. The van der Waals surface area contributed by atoms with Crippen LogP contribution < -0.4 is 0 Å². The predicted octanol–water partition coefficient (Wildman–Crippen LogP) is 5.54. The standard InChI is InChI=1S/C20H28N4S.3C2HF3O2/c1-15(2)19-22-18-17(25-19)13-23(3)14-20(18)6-9-24(10-7-20)12-16-5-4-8-21-11-16;3*3-2(4,5)1(6)7/h4-5,8,11,15H,6-7,9-10,12-14H2,1-3H3;3*(H,6,7). The van der Waals surface area contributed by atoms with Gasteiger partial charge in [-0.3, -0.25) is 9.88 Å². The zero-order valence-corrected chi connectivity index (χ0v) is 25.3. The van der Waals surface area contributed by atoms with Gasteiger partial charge in [-0.1, -0.05) is 19.9 Å². The molecule has 0 bridgehead atoms. The van der Waals surface area contributed by atoms with E-state index in [-0.39, 0.29) is 5.41 Å². The first-order valence-electron chi connectivity index (χ1n) is 13.1. The molecule has 3 N–H and O–H groups in total. The van der Waals surface area contributed by atoms with Crippen LogP contribution in [0.25, 0.3) is 0 Å². The molecule has 0 unspecified atom stereocenters. The molecule has 10 nitrogen and oxygen atoms in total. The van der Waals surface area contributed by atoms with E-state index in [0.717, 1.165) is 32.7 Å². The van der Waals surface area contributed by atoms with E-state index in [9.17, 15) is 39.5 Å². The Bertz CT molecular complexity index is 1240. The molecule has 2 aliphatic heterocycles. The van der Waals surface area contributed by atoms with Crippen LogP contribution in [0.3, 0.4) is 0 Å². The average molecular weight is 699 g/mol. The smallest absolute Gasteiger partial charge is 0.475 e. The molecule has 1 spiro atoms. The monoisotopic (exact) mass is 698 g/mol. The summed E-state index contributed by atoms with van der Waals surface area (Å²) in [4.78, 5) is 42.7. The first-order chi connectivity index (χ1) is 20.9. The van der Waals surface area contributed by atoms with E-state index in [0.29, 0.717) is 5.92 Å². The second-order valence-electron chi connectivity index (χ2n) is 10.5. The molecule has 1 fully saturated rings. The highest BCUT2D eigenvalue weighted by molar-refractivity contribution is 7.11. The maximum absolute atomic E-state index is 10.6. The average Bonchev–Trinajstić information content (AvgIpc) is 3.35. The Hall–Kier alpha value is -3.52. The number of alkyl halides is 9. The number of nitrogens with zero attached hydrogens (tertiary/aromatic N) is 4. The van der Waals surface area contributed by atoms with Gasteiger partial charge in [0.15, 0.2) is 0 Å². The van der Waals surface area contributed by atoms with Crippen LogP contribution in [-0.2, 0) is 32.9 Å². The van der Waals surface area contributed by atoms with Gasteiger partial charge in [0.25, 0.3) is 0 Å². The first-order valence-corrected chi connectivity index (χ1v) is 13.9. The van der Waals surface area contributed by atoms with E-state index in [1.54, 1.807) is 0 Å². The summed E-state index contributed by atoms with van der Waals surface area (Å²) >= 11 is 1.94. The van der Waals surface area contributed by atoms with Crippen LogP contribution in [0.5, 0.6) is 0 Å². The highest BCUT2D eigenvalue weighted by Crippen LogP contribution is 2.44. The molecule has 0 aromatic carbocycles. The number of piperidine rings is 1. The van der Waals surface area contributed by atoms with Gasteiger partial charge in [0.2, 0.25) is 0 Å². The maximum Gasteiger partial charge on any atom is 0.490 e. The van der Waals surface area contributed by atoms with Crippen molar-refractivity contribution >= 4 is 29.2 Å². The summed E-state index contributed by atoms with van der Waals surface area (Å²) < 4.78 is 95.2. The molecule has 46 heavy (non-hydrogen) atoms. The minimum absolute atomic E-state index is 0.261. The summed E-state index contributed by atoms with van der Waals surface area (Å²) in [5, 5.41) is 22.7. The Balaban J connectivity index is 0.000000413. The summed E-state index contributed by atoms with van der Waals surface area (Å²) in [6, 6.07) is 4.21. The highest BCUT2D eigenvalue weighted by Gasteiger charge is 2.44. The summed E-state index contributed by atoms with van der Waals surface area (Å²) in [7, 11) is 2.27. The molecule has 2 aromatic heterocycles. The van der Waals surface area contributed by atoms with E-state index in [1.165, 1.54) is 34.0 Å². The quantitative estimate of drug-likeness (QED) is 0.350. The fraction of sp³-hybridized carbons (Fsp3) is 0.577. The molecule has 0 atom stereocenters. The van der Waals surface area contributed by atoms with Crippen molar-refractivity contribution in [2.75, 3.05) is 26.7 Å². The first kappa shape index (κ1) is 40.5. The fourth-order valence-corrected chi connectivity index (χ4v) is 5.58. The molecule has 0 saturated carbocycles. The number of hydrogen-bond donors (Lipinski definition) is 3. The molecule has 1 saturated heterocycles. The number of carbonyl (C=O) groups is 3. The number of halogens is 9. The largest absolute Gasteiger partial charge is 0.490 e. The molecule has 4 rings (SSSR count). The van der Waals surface area contributed by atoms with Crippen molar-refractivity contribution in [1.29, 1.82) is 0 Å². The van der Waals surface area contributed by atoms with Gasteiger partial charge in [-0.25, -0.2) is 19.4 Å². The normalized spacial score (nSPS) is 16.5. The molecule has 20 heteroatoms. The Kier molecular flexibility index (Phi) is 14.4. The van der Waals surface area contributed by atoms with Crippen LogP contribution in [0.15, 0.2) is 24.5 Å². The second kappa shape index (κ2) is 16.3. The number of fused-ring (bicyclic) bond motifs is 2. The van der Waals surface area contributed by atoms with Gasteiger partial charge in [-0.05, 0) is 44.6 Å². The number of hydrogen-bond acceptors (Lipinski definition) is 8. The van der Waals surface area contributed by atoms with Gasteiger partial charge in [-0.15, -0.1) is 11.3 Å². The molecule has 0 radical (unpaired) electrons. The Morgan fingerprint density at radius 2 is 1.37 bits per heavy atom. The third-order valence-corrected chi connectivity index (χ3v) is 7.71. The van der Waals surface area contributed by atoms with Crippen LogP contribution in [0, 0.1) is 0 Å². The second-order valence-corrected chi connectivity index (χ2v) is 11.6. The number of likely N-dealkylation sites (tertiary alicyclic amines) is 1. The third kappa shape index (κ3) is 13.1. The van der Waals surface area contributed by atoms with Crippen molar-refractivity contribution in [3.05, 3.63) is 45.7 Å². The number of carboxylic acids is 3. The Labute approximate surface area is 260 Å². The molecule has 0 aliphatic carbocycles. The van der Waals surface area contributed by atoms with Crippen molar-refractivity contribution in [3.63, 3.8) is 0 Å². The number of likely N-dealkylation sites (N-methyl/N-ethyl adjacent to an activating group) is 1. The van der Waals surface area contributed by atoms with E-state index in [2.05, 4.69) is 41.7 Å². The van der Waals surface area contributed by atoms with Crippen molar-refractivity contribution in [3.8, 4) is 0 Å². The number of aliphatic carboxylic acids is 3. The topological polar surface area (TPSA) is 144 Å². The van der Waals surface area contributed by atoms with Gasteiger partial charge < -0.3 is 20.2 Å². The van der Waals surface area contributed by atoms with Crippen molar-refractivity contribution in [2.24, 2.45) is 0 Å². The lowest BCUT2D eigenvalue weighted by atomic mass is 9.73. The SMILES string of the molecule is CC(C)c1nc2c(s1)CN(C)CC21CCN(Cc2cccnc2)CC1.O=C(O)C(F)(F)F.O=C(O)C(F)(F)F.O=C(O)C(F)(F)F. The van der Waals surface area contributed by atoms with Gasteiger partial charge >= 0.3 is 36.4 Å². The summed E-state index contributed by atoms with van der Waals surface area (Å²) in [5.74, 6) is -7.74. The molecular weight excluding hydrogens is 667 g/mol. The number of thiazole rings is 1. The third-order valence-electron chi connectivity index (χ3n) is 6.37. The molecule has 2 aliphatic rings. The van der Waals surface area contributed by atoms with Crippen LogP contribution in [0.4, 0.5) is 39.5 Å². The highest BCUT2D eigenvalue weighted by atomic mass is 32.1. The number of carboxylic acid groups (broad SMARTS) is 3. The lowest BCUT2D eigenvalue weighted by Gasteiger charge is -2.46. The molecular formula is C26H31F9N4O6S. The fourth-order valence-electron chi connectivity index (χ4n) is 4.31. The minimum Gasteiger partial charge on any atom is -0.475 e.